The molecule has 29 heavy (non-hydrogen) atoms. The van der Waals surface area contributed by atoms with Gasteiger partial charge in [0.15, 0.2) is 5.92 Å². The SMILES string of the molecule is CCCCOC(=O)C(Cc1cc(C(C)(C)C)c(O)c(C)c1C)C(=O)OCCCC. The Morgan fingerprint density at radius 1 is 0.966 bits per heavy atom. The molecule has 1 aromatic carbocycles. The Bertz CT molecular complexity index is 678. The van der Waals surface area contributed by atoms with Gasteiger partial charge in [-0.3, -0.25) is 9.59 Å². The molecular formula is C24H38O5. The highest BCUT2D eigenvalue weighted by molar-refractivity contribution is 5.95. The van der Waals surface area contributed by atoms with Gasteiger partial charge in [-0.2, -0.15) is 0 Å². The molecule has 1 aromatic rings. The molecule has 1 rings (SSSR count). The maximum atomic E-state index is 12.7. The number of benzene rings is 1. The van der Waals surface area contributed by atoms with Crippen molar-refractivity contribution in [1.29, 1.82) is 0 Å². The fraction of sp³-hybridized carbons (Fsp3) is 0.667. The number of rotatable bonds is 10. The molecule has 164 valence electrons. The predicted octanol–water partition coefficient (Wildman–Crippen LogP) is 5.15. The summed E-state index contributed by atoms with van der Waals surface area (Å²) >= 11 is 0. The van der Waals surface area contributed by atoms with Crippen molar-refractivity contribution in [2.24, 2.45) is 5.92 Å². The lowest BCUT2D eigenvalue weighted by Gasteiger charge is -2.25. The number of phenols is 1. The maximum Gasteiger partial charge on any atom is 0.320 e. The monoisotopic (exact) mass is 406 g/mol. The normalized spacial score (nSPS) is 11.6. The van der Waals surface area contributed by atoms with Crippen LogP contribution in [-0.4, -0.2) is 30.3 Å². The zero-order valence-electron chi connectivity index (χ0n) is 19.2. The first kappa shape index (κ1) is 25.0. The molecule has 5 nitrogen and oxygen atoms in total. The number of carbonyl (C=O) groups is 2. The molecule has 0 bridgehead atoms. The number of aromatic hydroxyl groups is 1. The van der Waals surface area contributed by atoms with Gasteiger partial charge in [0, 0.05) is 0 Å². The first-order valence-electron chi connectivity index (χ1n) is 10.7. The second-order valence-corrected chi connectivity index (χ2v) is 8.73. The molecule has 0 aromatic heterocycles. The van der Waals surface area contributed by atoms with Gasteiger partial charge in [-0.1, -0.05) is 53.5 Å². The average molecular weight is 407 g/mol. The highest BCUT2D eigenvalue weighted by atomic mass is 16.6. The summed E-state index contributed by atoms with van der Waals surface area (Å²) in [4.78, 5) is 25.3. The van der Waals surface area contributed by atoms with E-state index in [1.165, 1.54) is 0 Å². The zero-order valence-corrected chi connectivity index (χ0v) is 19.2. The molecule has 0 heterocycles. The van der Waals surface area contributed by atoms with E-state index in [1.54, 1.807) is 0 Å². The van der Waals surface area contributed by atoms with Gasteiger partial charge in [0.2, 0.25) is 0 Å². The molecule has 0 fully saturated rings. The molecule has 0 aliphatic heterocycles. The average Bonchev–Trinajstić information content (AvgIpc) is 2.64. The number of hydrogen-bond acceptors (Lipinski definition) is 5. The van der Waals surface area contributed by atoms with E-state index in [-0.39, 0.29) is 17.6 Å². The Hall–Kier alpha value is -2.04. The Labute approximate surface area is 175 Å². The molecule has 0 aliphatic carbocycles. The summed E-state index contributed by atoms with van der Waals surface area (Å²) in [6, 6.07) is 1.91. The van der Waals surface area contributed by atoms with E-state index in [1.807, 2.05) is 54.5 Å². The summed E-state index contributed by atoms with van der Waals surface area (Å²) in [6.45, 7) is 14.5. The van der Waals surface area contributed by atoms with E-state index < -0.39 is 17.9 Å². The van der Waals surface area contributed by atoms with Crippen LogP contribution in [0.4, 0.5) is 0 Å². The third-order valence-electron chi connectivity index (χ3n) is 5.26. The van der Waals surface area contributed by atoms with Gasteiger partial charge < -0.3 is 14.6 Å². The number of hydrogen-bond donors (Lipinski definition) is 1. The third kappa shape index (κ3) is 7.06. The van der Waals surface area contributed by atoms with Gasteiger partial charge in [0.25, 0.3) is 0 Å². The van der Waals surface area contributed by atoms with E-state index in [0.29, 0.717) is 13.2 Å². The first-order valence-corrected chi connectivity index (χ1v) is 10.7. The molecule has 0 amide bonds. The molecule has 0 radical (unpaired) electrons. The molecule has 0 unspecified atom stereocenters. The second-order valence-electron chi connectivity index (χ2n) is 8.73. The number of esters is 2. The van der Waals surface area contributed by atoms with Gasteiger partial charge in [0.05, 0.1) is 13.2 Å². The van der Waals surface area contributed by atoms with Crippen molar-refractivity contribution in [1.82, 2.24) is 0 Å². The quantitative estimate of drug-likeness (QED) is 0.330. The second kappa shape index (κ2) is 11.2. The highest BCUT2D eigenvalue weighted by Crippen LogP contribution is 2.37. The van der Waals surface area contributed by atoms with Crippen molar-refractivity contribution in [2.45, 2.75) is 86.0 Å². The van der Waals surface area contributed by atoms with E-state index in [9.17, 15) is 14.7 Å². The van der Waals surface area contributed by atoms with Crippen LogP contribution in [0.3, 0.4) is 0 Å². The minimum Gasteiger partial charge on any atom is -0.507 e. The van der Waals surface area contributed by atoms with E-state index in [0.717, 1.165) is 47.9 Å². The zero-order chi connectivity index (χ0) is 22.2. The lowest BCUT2D eigenvalue weighted by Crippen LogP contribution is -2.31. The van der Waals surface area contributed by atoms with Crippen LogP contribution in [-0.2, 0) is 30.9 Å². The van der Waals surface area contributed by atoms with Crippen LogP contribution >= 0.6 is 0 Å². The Balaban J connectivity index is 3.22. The van der Waals surface area contributed by atoms with Crippen LogP contribution < -0.4 is 0 Å². The number of unbranched alkanes of at least 4 members (excludes halogenated alkanes) is 2. The molecule has 0 atom stereocenters. The summed E-state index contributed by atoms with van der Waals surface area (Å²) in [6.07, 6.45) is 3.53. The molecule has 0 spiro atoms. The fourth-order valence-electron chi connectivity index (χ4n) is 3.07. The topological polar surface area (TPSA) is 72.8 Å². The number of phenolic OH excluding ortho intramolecular Hbond substituents is 1. The summed E-state index contributed by atoms with van der Waals surface area (Å²) in [5.74, 6) is -1.81. The summed E-state index contributed by atoms with van der Waals surface area (Å²) in [5.41, 5.74) is 3.03. The Morgan fingerprint density at radius 2 is 1.45 bits per heavy atom. The summed E-state index contributed by atoms with van der Waals surface area (Å²) < 4.78 is 10.7. The number of ether oxygens (including phenoxy) is 2. The van der Waals surface area contributed by atoms with Crippen LogP contribution in [0.2, 0.25) is 0 Å². The molecule has 0 aliphatic rings. The Kier molecular flexibility index (Phi) is 9.67. The van der Waals surface area contributed by atoms with E-state index >= 15 is 0 Å². The number of carbonyl (C=O) groups excluding carboxylic acids is 2. The van der Waals surface area contributed by atoms with Crippen molar-refractivity contribution >= 4 is 11.9 Å². The first-order chi connectivity index (χ1) is 13.5. The van der Waals surface area contributed by atoms with Gasteiger partial charge in [-0.25, -0.2) is 0 Å². The highest BCUT2D eigenvalue weighted by Gasteiger charge is 2.32. The third-order valence-corrected chi connectivity index (χ3v) is 5.26. The van der Waals surface area contributed by atoms with Crippen LogP contribution in [0.25, 0.3) is 0 Å². The lowest BCUT2D eigenvalue weighted by atomic mass is 9.81. The minimum absolute atomic E-state index is 0.200. The van der Waals surface area contributed by atoms with Gasteiger partial charge in [0.1, 0.15) is 5.75 Å². The van der Waals surface area contributed by atoms with Gasteiger partial charge in [-0.05, 0) is 60.8 Å². The van der Waals surface area contributed by atoms with Crippen LogP contribution in [0.5, 0.6) is 5.75 Å². The van der Waals surface area contributed by atoms with E-state index in [4.69, 9.17) is 9.47 Å². The maximum absolute atomic E-state index is 12.7. The largest absolute Gasteiger partial charge is 0.507 e. The van der Waals surface area contributed by atoms with Crippen molar-refractivity contribution < 1.29 is 24.2 Å². The van der Waals surface area contributed by atoms with Gasteiger partial charge >= 0.3 is 11.9 Å². The van der Waals surface area contributed by atoms with Crippen molar-refractivity contribution in [3.63, 3.8) is 0 Å². The smallest absolute Gasteiger partial charge is 0.320 e. The molecule has 5 heteroatoms. The summed E-state index contributed by atoms with van der Waals surface area (Å²) in [5, 5.41) is 10.6. The Morgan fingerprint density at radius 3 is 1.86 bits per heavy atom. The van der Waals surface area contributed by atoms with Crippen molar-refractivity contribution in [3.05, 3.63) is 28.3 Å². The van der Waals surface area contributed by atoms with E-state index in [2.05, 4.69) is 0 Å². The standard InChI is InChI=1S/C24H38O5/c1-8-10-12-28-22(26)19(23(27)29-13-11-9-2)14-18-15-20(24(5,6)7)21(25)17(4)16(18)3/h15,19,25H,8-14H2,1-7H3. The van der Waals surface area contributed by atoms with Crippen molar-refractivity contribution in [3.8, 4) is 5.75 Å². The lowest BCUT2D eigenvalue weighted by molar-refractivity contribution is -0.162. The minimum atomic E-state index is -1.00. The van der Waals surface area contributed by atoms with Crippen molar-refractivity contribution in [2.75, 3.05) is 13.2 Å². The summed E-state index contributed by atoms with van der Waals surface area (Å²) in [7, 11) is 0. The molecule has 1 N–H and O–H groups in total. The predicted molar refractivity (Wildman–Crippen MR) is 115 cm³/mol. The molecule has 0 saturated carbocycles. The molecule has 0 saturated heterocycles. The molecular weight excluding hydrogens is 368 g/mol. The van der Waals surface area contributed by atoms with Gasteiger partial charge in [-0.15, -0.1) is 0 Å². The van der Waals surface area contributed by atoms with Crippen LogP contribution in [0.1, 0.15) is 82.6 Å². The fourth-order valence-corrected chi connectivity index (χ4v) is 3.07. The van der Waals surface area contributed by atoms with Crippen LogP contribution in [0, 0.1) is 19.8 Å². The van der Waals surface area contributed by atoms with Crippen LogP contribution in [0.15, 0.2) is 6.07 Å².